The molecule has 1 N–H and O–H groups in total. The third-order valence-corrected chi connectivity index (χ3v) is 4.95. The van der Waals surface area contributed by atoms with Crippen molar-refractivity contribution in [1.29, 1.82) is 0 Å². The van der Waals surface area contributed by atoms with E-state index in [1.54, 1.807) is 26.0 Å². The van der Waals surface area contributed by atoms with Crippen LogP contribution in [-0.4, -0.2) is 28.3 Å². The van der Waals surface area contributed by atoms with Gasteiger partial charge in [-0.05, 0) is 63.1 Å². The molecule has 0 aliphatic carbocycles. The van der Waals surface area contributed by atoms with E-state index in [4.69, 9.17) is 13.9 Å². The highest BCUT2D eigenvalue weighted by molar-refractivity contribution is 5.76. The van der Waals surface area contributed by atoms with Crippen LogP contribution in [0.1, 0.15) is 44.2 Å². The summed E-state index contributed by atoms with van der Waals surface area (Å²) in [4.78, 5) is 16.0. The highest BCUT2D eigenvalue weighted by atomic mass is 16.5. The smallest absolute Gasteiger partial charge is 0.347 e. The average Bonchev–Trinajstić information content (AvgIpc) is 3.11. The fourth-order valence-corrected chi connectivity index (χ4v) is 3.16. The summed E-state index contributed by atoms with van der Waals surface area (Å²) in [5.74, 6) is 1.68. The lowest BCUT2D eigenvalue weighted by Gasteiger charge is -2.23. The van der Waals surface area contributed by atoms with Crippen LogP contribution in [0.5, 0.6) is 11.5 Å². The van der Waals surface area contributed by atoms with E-state index in [-0.39, 0.29) is 0 Å². The van der Waals surface area contributed by atoms with Crippen LogP contribution < -0.4 is 9.47 Å². The molecule has 6 nitrogen and oxygen atoms in total. The van der Waals surface area contributed by atoms with Gasteiger partial charge in [0, 0.05) is 12.0 Å². The Morgan fingerprint density at radius 2 is 1.87 bits per heavy atom. The summed E-state index contributed by atoms with van der Waals surface area (Å²) in [5, 5.41) is 9.34. The highest BCUT2D eigenvalue weighted by Gasteiger charge is 2.30. The van der Waals surface area contributed by atoms with Crippen molar-refractivity contribution in [2.45, 2.75) is 52.6 Å². The minimum atomic E-state index is -1.30. The zero-order valence-corrected chi connectivity index (χ0v) is 18.5. The molecule has 0 bridgehead atoms. The Morgan fingerprint density at radius 1 is 1.13 bits per heavy atom. The molecule has 0 saturated heterocycles. The number of benzene rings is 2. The average molecular weight is 424 g/mol. The fraction of sp³-hybridized carbons (Fsp3) is 0.360. The van der Waals surface area contributed by atoms with Crippen molar-refractivity contribution in [2.75, 3.05) is 6.61 Å². The standard InChI is InChI=1S/C25H29NO5/c1-5-9-19-16-20(12-13-22(19)31-25(3,4)24(27)28)29-15-14-21-17(2)30-23(26-21)18-10-7-6-8-11-18/h6-8,10-13,16H,5,9,14-15H2,1-4H3,(H,27,28). The van der Waals surface area contributed by atoms with E-state index in [9.17, 15) is 9.90 Å². The summed E-state index contributed by atoms with van der Waals surface area (Å²) in [6, 6.07) is 15.3. The summed E-state index contributed by atoms with van der Waals surface area (Å²) >= 11 is 0. The van der Waals surface area contributed by atoms with Crippen LogP contribution in [-0.2, 0) is 17.6 Å². The Bertz CT molecular complexity index is 1020. The summed E-state index contributed by atoms with van der Waals surface area (Å²) in [6.07, 6.45) is 2.30. The van der Waals surface area contributed by atoms with Crippen molar-refractivity contribution >= 4 is 5.97 Å². The van der Waals surface area contributed by atoms with E-state index in [1.807, 2.05) is 43.3 Å². The maximum atomic E-state index is 11.4. The molecule has 0 aliphatic heterocycles. The number of carboxylic acids is 1. The fourth-order valence-electron chi connectivity index (χ4n) is 3.16. The minimum Gasteiger partial charge on any atom is -0.493 e. The topological polar surface area (TPSA) is 81.8 Å². The van der Waals surface area contributed by atoms with Crippen LogP contribution in [0.4, 0.5) is 0 Å². The number of aromatic nitrogens is 1. The Hall–Kier alpha value is -3.28. The molecule has 0 aliphatic rings. The zero-order valence-electron chi connectivity index (χ0n) is 18.5. The van der Waals surface area contributed by atoms with E-state index in [1.165, 1.54) is 0 Å². The van der Waals surface area contributed by atoms with Crippen molar-refractivity contribution in [3.8, 4) is 23.0 Å². The van der Waals surface area contributed by atoms with E-state index < -0.39 is 11.6 Å². The highest BCUT2D eigenvalue weighted by Crippen LogP contribution is 2.29. The van der Waals surface area contributed by atoms with Crippen molar-refractivity contribution < 1.29 is 23.8 Å². The van der Waals surface area contributed by atoms with Gasteiger partial charge < -0.3 is 19.0 Å². The van der Waals surface area contributed by atoms with Gasteiger partial charge in [0.25, 0.3) is 0 Å². The lowest BCUT2D eigenvalue weighted by atomic mass is 10.1. The van der Waals surface area contributed by atoms with Crippen LogP contribution >= 0.6 is 0 Å². The van der Waals surface area contributed by atoms with Gasteiger partial charge in [0.1, 0.15) is 17.3 Å². The number of ether oxygens (including phenoxy) is 2. The summed E-state index contributed by atoms with van der Waals surface area (Å²) < 4.78 is 17.5. The van der Waals surface area contributed by atoms with E-state index >= 15 is 0 Å². The van der Waals surface area contributed by atoms with Crippen molar-refractivity contribution in [3.05, 3.63) is 65.5 Å². The molecular weight excluding hydrogens is 394 g/mol. The lowest BCUT2D eigenvalue weighted by Crippen LogP contribution is -2.38. The monoisotopic (exact) mass is 423 g/mol. The molecule has 0 radical (unpaired) electrons. The summed E-state index contributed by atoms with van der Waals surface area (Å²) in [5.41, 5.74) is 1.45. The molecule has 0 amide bonds. The van der Waals surface area contributed by atoms with Crippen molar-refractivity contribution in [3.63, 3.8) is 0 Å². The molecule has 0 atom stereocenters. The predicted molar refractivity (Wildman–Crippen MR) is 119 cm³/mol. The summed E-state index contributed by atoms with van der Waals surface area (Å²) in [6.45, 7) is 7.51. The minimum absolute atomic E-state index is 0.452. The molecule has 31 heavy (non-hydrogen) atoms. The molecule has 6 heteroatoms. The lowest BCUT2D eigenvalue weighted by molar-refractivity contribution is -0.152. The first-order chi connectivity index (χ1) is 14.8. The van der Waals surface area contributed by atoms with Gasteiger partial charge in [0.2, 0.25) is 5.89 Å². The number of oxazole rings is 1. The largest absolute Gasteiger partial charge is 0.493 e. The van der Waals surface area contributed by atoms with Crippen LogP contribution in [0.2, 0.25) is 0 Å². The van der Waals surface area contributed by atoms with E-state index in [0.717, 1.165) is 35.4 Å². The maximum absolute atomic E-state index is 11.4. The third-order valence-electron chi connectivity index (χ3n) is 4.95. The Labute approximate surface area is 182 Å². The van der Waals surface area contributed by atoms with Gasteiger partial charge in [-0.1, -0.05) is 31.5 Å². The molecule has 3 aromatic rings. The number of aryl methyl sites for hydroxylation is 2. The number of aliphatic carboxylic acids is 1. The Morgan fingerprint density at radius 3 is 2.55 bits per heavy atom. The van der Waals surface area contributed by atoms with Gasteiger partial charge in [0.05, 0.1) is 12.3 Å². The van der Waals surface area contributed by atoms with Gasteiger partial charge in [-0.3, -0.25) is 0 Å². The molecule has 1 heterocycles. The molecule has 0 fully saturated rings. The van der Waals surface area contributed by atoms with Crippen LogP contribution in [0.25, 0.3) is 11.5 Å². The first kappa shape index (κ1) is 22.4. The Kier molecular flexibility index (Phi) is 7.00. The van der Waals surface area contributed by atoms with Gasteiger partial charge in [-0.2, -0.15) is 0 Å². The molecule has 1 aromatic heterocycles. The van der Waals surface area contributed by atoms with Gasteiger partial charge >= 0.3 is 5.97 Å². The molecule has 164 valence electrons. The first-order valence-corrected chi connectivity index (χ1v) is 10.5. The van der Waals surface area contributed by atoms with Crippen molar-refractivity contribution in [2.24, 2.45) is 0 Å². The molecular formula is C25H29NO5. The SMILES string of the molecule is CCCc1cc(OCCc2nc(-c3ccccc3)oc2C)ccc1OC(C)(C)C(=O)O. The van der Waals surface area contributed by atoms with Crippen LogP contribution in [0.15, 0.2) is 52.9 Å². The predicted octanol–water partition coefficient (Wildman–Crippen LogP) is 5.47. The number of carbonyl (C=O) groups is 1. The van der Waals surface area contributed by atoms with Crippen molar-refractivity contribution in [1.82, 2.24) is 4.98 Å². The van der Waals surface area contributed by atoms with Crippen LogP contribution in [0, 0.1) is 6.92 Å². The number of carboxylic acid groups (broad SMARTS) is 1. The molecule has 2 aromatic carbocycles. The quantitative estimate of drug-likeness (QED) is 0.466. The number of rotatable bonds is 10. The second kappa shape index (κ2) is 9.69. The summed E-state index contributed by atoms with van der Waals surface area (Å²) in [7, 11) is 0. The van der Waals surface area contributed by atoms with Crippen LogP contribution in [0.3, 0.4) is 0 Å². The van der Waals surface area contributed by atoms with E-state index in [0.29, 0.717) is 30.4 Å². The first-order valence-electron chi connectivity index (χ1n) is 10.5. The number of hydrogen-bond acceptors (Lipinski definition) is 5. The Balaban J connectivity index is 1.66. The molecule has 0 spiro atoms. The molecule has 3 rings (SSSR count). The second-order valence-electron chi connectivity index (χ2n) is 7.92. The van der Waals surface area contributed by atoms with Gasteiger partial charge in [0.15, 0.2) is 5.60 Å². The number of nitrogens with zero attached hydrogens (tertiary/aromatic N) is 1. The normalized spacial score (nSPS) is 11.4. The number of hydrogen-bond donors (Lipinski definition) is 1. The van der Waals surface area contributed by atoms with E-state index in [2.05, 4.69) is 11.9 Å². The van der Waals surface area contributed by atoms with Gasteiger partial charge in [-0.15, -0.1) is 0 Å². The second-order valence-corrected chi connectivity index (χ2v) is 7.92. The molecule has 0 saturated carbocycles. The maximum Gasteiger partial charge on any atom is 0.347 e. The third kappa shape index (κ3) is 5.66. The van der Waals surface area contributed by atoms with Gasteiger partial charge in [-0.25, -0.2) is 9.78 Å². The molecule has 0 unspecified atom stereocenters. The zero-order chi connectivity index (χ0) is 22.4.